The molecule has 0 saturated heterocycles. The molecule has 1 atom stereocenters. The molecule has 1 aromatic rings. The highest BCUT2D eigenvalue weighted by molar-refractivity contribution is 5.48. The van der Waals surface area contributed by atoms with Gasteiger partial charge in [-0.2, -0.15) is 4.98 Å². The Morgan fingerprint density at radius 2 is 2.00 bits per heavy atom. The molecule has 0 saturated carbocycles. The Labute approximate surface area is 110 Å². The van der Waals surface area contributed by atoms with E-state index in [-0.39, 0.29) is 0 Å². The first-order valence-electron chi connectivity index (χ1n) is 6.47. The van der Waals surface area contributed by atoms with Crippen LogP contribution >= 0.6 is 0 Å². The number of hydrogen-bond acceptors (Lipinski definition) is 5. The van der Waals surface area contributed by atoms with Gasteiger partial charge in [-0.15, -0.1) is 0 Å². The predicted octanol–water partition coefficient (Wildman–Crippen LogP) is 1.68. The summed E-state index contributed by atoms with van der Waals surface area (Å²) < 4.78 is 0. The molecule has 1 rings (SSSR count). The van der Waals surface area contributed by atoms with Crippen molar-refractivity contribution in [1.29, 1.82) is 0 Å². The molecule has 0 aliphatic carbocycles. The lowest BCUT2D eigenvalue weighted by Gasteiger charge is -2.20. The topological polar surface area (TPSA) is 67.1 Å². The largest absolute Gasteiger partial charge is 0.369 e. The van der Waals surface area contributed by atoms with Gasteiger partial charge in [0.05, 0.1) is 0 Å². The van der Waals surface area contributed by atoms with Crippen molar-refractivity contribution in [3.63, 3.8) is 0 Å². The maximum atomic E-state index is 5.67. The summed E-state index contributed by atoms with van der Waals surface area (Å²) in [6, 6.07) is 0. The van der Waals surface area contributed by atoms with Crippen LogP contribution in [0.5, 0.6) is 0 Å². The van der Waals surface area contributed by atoms with Gasteiger partial charge in [0.15, 0.2) is 0 Å². The number of rotatable bonds is 6. The Morgan fingerprint density at radius 3 is 2.61 bits per heavy atom. The minimum absolute atomic E-state index is 0.332. The summed E-state index contributed by atoms with van der Waals surface area (Å²) in [5.74, 6) is 1.75. The van der Waals surface area contributed by atoms with Crippen molar-refractivity contribution in [2.75, 3.05) is 37.7 Å². The Morgan fingerprint density at radius 1 is 1.33 bits per heavy atom. The van der Waals surface area contributed by atoms with Crippen LogP contribution in [0.4, 0.5) is 11.8 Å². The Kier molecular flexibility index (Phi) is 5.34. The van der Waals surface area contributed by atoms with Gasteiger partial charge in [0.2, 0.25) is 5.95 Å². The average molecular weight is 251 g/mol. The molecule has 0 amide bonds. The number of nitrogens with zero attached hydrogens (tertiary/aromatic N) is 3. The van der Waals surface area contributed by atoms with Gasteiger partial charge in [-0.1, -0.05) is 13.8 Å². The zero-order valence-electron chi connectivity index (χ0n) is 12.1. The SMILES string of the molecule is CCN(C)CC(C)CNc1nc(N)nc(C)c1C. The normalized spacial score (nSPS) is 12.8. The van der Waals surface area contributed by atoms with E-state index >= 15 is 0 Å². The van der Waals surface area contributed by atoms with Gasteiger partial charge in [-0.3, -0.25) is 0 Å². The molecular weight excluding hydrogens is 226 g/mol. The van der Waals surface area contributed by atoms with Crippen LogP contribution in [0, 0.1) is 19.8 Å². The highest BCUT2D eigenvalue weighted by atomic mass is 15.1. The first-order valence-corrected chi connectivity index (χ1v) is 6.47. The number of nitrogen functional groups attached to an aromatic ring is 1. The second-order valence-electron chi connectivity index (χ2n) is 4.98. The van der Waals surface area contributed by atoms with E-state index in [2.05, 4.69) is 41.1 Å². The highest BCUT2D eigenvalue weighted by Crippen LogP contribution is 2.16. The standard InChI is InChI=1S/C13H25N5/c1-6-18(5)8-9(2)7-15-12-10(3)11(4)16-13(14)17-12/h9H,6-8H2,1-5H3,(H3,14,15,16,17). The summed E-state index contributed by atoms with van der Waals surface area (Å²) in [4.78, 5) is 10.7. The monoisotopic (exact) mass is 251 g/mol. The molecule has 0 aliphatic rings. The van der Waals surface area contributed by atoms with Gasteiger partial charge in [0.1, 0.15) is 5.82 Å². The smallest absolute Gasteiger partial charge is 0.222 e. The highest BCUT2D eigenvalue weighted by Gasteiger charge is 2.09. The van der Waals surface area contributed by atoms with Crippen LogP contribution in [-0.4, -0.2) is 41.5 Å². The quantitative estimate of drug-likeness (QED) is 0.805. The fourth-order valence-electron chi connectivity index (χ4n) is 1.82. The Hall–Kier alpha value is -1.36. The molecule has 0 aliphatic heterocycles. The molecule has 1 heterocycles. The summed E-state index contributed by atoms with van der Waals surface area (Å²) in [6.45, 7) is 11.4. The van der Waals surface area contributed by atoms with Crippen LogP contribution < -0.4 is 11.1 Å². The fraction of sp³-hybridized carbons (Fsp3) is 0.692. The number of aryl methyl sites for hydroxylation is 1. The fourth-order valence-corrected chi connectivity index (χ4v) is 1.82. The number of hydrogen-bond donors (Lipinski definition) is 2. The number of aromatic nitrogens is 2. The minimum atomic E-state index is 0.332. The molecule has 0 fully saturated rings. The molecule has 0 aromatic carbocycles. The van der Waals surface area contributed by atoms with Crippen molar-refractivity contribution in [2.45, 2.75) is 27.7 Å². The maximum Gasteiger partial charge on any atom is 0.222 e. The van der Waals surface area contributed by atoms with Crippen LogP contribution in [0.15, 0.2) is 0 Å². The van der Waals surface area contributed by atoms with Crippen LogP contribution in [0.2, 0.25) is 0 Å². The molecule has 102 valence electrons. The van der Waals surface area contributed by atoms with Crippen molar-refractivity contribution in [1.82, 2.24) is 14.9 Å². The van der Waals surface area contributed by atoms with Crippen LogP contribution in [0.1, 0.15) is 25.1 Å². The number of anilines is 2. The third-order valence-electron chi connectivity index (χ3n) is 3.19. The van der Waals surface area contributed by atoms with Crippen LogP contribution in [-0.2, 0) is 0 Å². The van der Waals surface area contributed by atoms with Crippen molar-refractivity contribution in [3.8, 4) is 0 Å². The predicted molar refractivity (Wildman–Crippen MR) is 76.7 cm³/mol. The van der Waals surface area contributed by atoms with E-state index in [1.807, 2.05) is 13.8 Å². The third kappa shape index (κ3) is 4.14. The van der Waals surface area contributed by atoms with E-state index in [0.29, 0.717) is 11.9 Å². The van der Waals surface area contributed by atoms with E-state index in [0.717, 1.165) is 36.7 Å². The lowest BCUT2D eigenvalue weighted by Crippen LogP contribution is -2.28. The van der Waals surface area contributed by atoms with Gasteiger partial charge in [-0.25, -0.2) is 4.98 Å². The van der Waals surface area contributed by atoms with Crippen molar-refractivity contribution < 1.29 is 0 Å². The second kappa shape index (κ2) is 6.54. The van der Waals surface area contributed by atoms with Crippen molar-refractivity contribution >= 4 is 11.8 Å². The molecule has 0 radical (unpaired) electrons. The lowest BCUT2D eigenvalue weighted by atomic mass is 10.1. The molecule has 3 N–H and O–H groups in total. The number of nitrogens with one attached hydrogen (secondary N) is 1. The minimum Gasteiger partial charge on any atom is -0.369 e. The Balaban J connectivity index is 2.58. The second-order valence-corrected chi connectivity index (χ2v) is 4.98. The molecule has 5 heteroatoms. The molecule has 18 heavy (non-hydrogen) atoms. The van der Waals surface area contributed by atoms with Gasteiger partial charge >= 0.3 is 0 Å². The lowest BCUT2D eigenvalue weighted by molar-refractivity contribution is 0.305. The molecule has 5 nitrogen and oxygen atoms in total. The zero-order valence-corrected chi connectivity index (χ0v) is 12.1. The summed E-state index contributed by atoms with van der Waals surface area (Å²) >= 11 is 0. The maximum absolute atomic E-state index is 5.67. The van der Waals surface area contributed by atoms with Crippen molar-refractivity contribution in [3.05, 3.63) is 11.3 Å². The Bertz CT molecular complexity index is 391. The molecule has 1 unspecified atom stereocenters. The molecule has 0 bridgehead atoms. The van der Waals surface area contributed by atoms with E-state index < -0.39 is 0 Å². The van der Waals surface area contributed by atoms with E-state index in [9.17, 15) is 0 Å². The first-order chi connectivity index (χ1) is 8.43. The first kappa shape index (κ1) is 14.7. The van der Waals surface area contributed by atoms with Crippen molar-refractivity contribution in [2.24, 2.45) is 5.92 Å². The van der Waals surface area contributed by atoms with Gasteiger partial charge < -0.3 is 16.0 Å². The zero-order chi connectivity index (χ0) is 13.7. The van der Waals surface area contributed by atoms with Gasteiger partial charge in [-0.05, 0) is 33.4 Å². The summed E-state index contributed by atoms with van der Waals surface area (Å²) in [5.41, 5.74) is 7.67. The molecule has 1 aromatic heterocycles. The van der Waals surface area contributed by atoms with Crippen LogP contribution in [0.3, 0.4) is 0 Å². The third-order valence-corrected chi connectivity index (χ3v) is 3.19. The van der Waals surface area contributed by atoms with Gasteiger partial charge in [0, 0.05) is 24.3 Å². The van der Waals surface area contributed by atoms with Gasteiger partial charge in [0.25, 0.3) is 0 Å². The summed E-state index contributed by atoms with van der Waals surface area (Å²) in [7, 11) is 2.13. The average Bonchev–Trinajstić information content (AvgIpc) is 2.31. The molecular formula is C13H25N5. The van der Waals surface area contributed by atoms with E-state index in [1.54, 1.807) is 0 Å². The van der Waals surface area contributed by atoms with E-state index in [4.69, 9.17) is 5.73 Å². The van der Waals surface area contributed by atoms with Crippen LogP contribution in [0.25, 0.3) is 0 Å². The molecule has 0 spiro atoms. The summed E-state index contributed by atoms with van der Waals surface area (Å²) in [6.07, 6.45) is 0. The summed E-state index contributed by atoms with van der Waals surface area (Å²) in [5, 5.41) is 3.37. The van der Waals surface area contributed by atoms with E-state index in [1.165, 1.54) is 0 Å². The number of nitrogens with two attached hydrogens (primary N) is 1.